The molecule has 1 aromatic rings. The van der Waals surface area contributed by atoms with Crippen LogP contribution in [0.25, 0.3) is 0 Å². The number of benzene rings is 1. The SMILES string of the molecule is C#Cc1ccc(C(=O)N2CCCC[C@H]2C(=O)O)cc1F. The Hall–Kier alpha value is -2.35. The van der Waals surface area contributed by atoms with E-state index in [1.54, 1.807) is 0 Å². The maximum atomic E-state index is 13.6. The molecule has 0 saturated carbocycles. The number of aliphatic carboxylic acids is 1. The van der Waals surface area contributed by atoms with Crippen molar-refractivity contribution in [2.24, 2.45) is 0 Å². The molecule has 5 heteroatoms. The molecule has 1 fully saturated rings. The second-order valence-electron chi connectivity index (χ2n) is 4.69. The number of likely N-dealkylation sites (tertiary alicyclic amines) is 1. The van der Waals surface area contributed by atoms with Crippen molar-refractivity contribution in [3.05, 3.63) is 35.1 Å². The Kier molecular flexibility index (Phi) is 4.04. The summed E-state index contributed by atoms with van der Waals surface area (Å²) in [6.07, 6.45) is 7.06. The number of carboxylic acid groups (broad SMARTS) is 1. The van der Waals surface area contributed by atoms with Gasteiger partial charge in [-0.15, -0.1) is 6.42 Å². The van der Waals surface area contributed by atoms with E-state index in [4.69, 9.17) is 11.5 Å². The molecule has 20 heavy (non-hydrogen) atoms. The van der Waals surface area contributed by atoms with Gasteiger partial charge in [0, 0.05) is 12.1 Å². The summed E-state index contributed by atoms with van der Waals surface area (Å²) >= 11 is 0. The number of carbonyl (C=O) groups excluding carboxylic acids is 1. The summed E-state index contributed by atoms with van der Waals surface area (Å²) in [4.78, 5) is 24.8. The first-order chi connectivity index (χ1) is 9.54. The molecule has 1 N–H and O–H groups in total. The van der Waals surface area contributed by atoms with E-state index in [1.807, 2.05) is 0 Å². The zero-order chi connectivity index (χ0) is 14.7. The van der Waals surface area contributed by atoms with Crippen LogP contribution in [0.4, 0.5) is 4.39 Å². The summed E-state index contributed by atoms with van der Waals surface area (Å²) in [6.45, 7) is 0.369. The zero-order valence-electron chi connectivity index (χ0n) is 10.8. The summed E-state index contributed by atoms with van der Waals surface area (Å²) < 4.78 is 13.6. The van der Waals surface area contributed by atoms with Crippen molar-refractivity contribution >= 4 is 11.9 Å². The lowest BCUT2D eigenvalue weighted by molar-refractivity contribution is -0.143. The average molecular weight is 275 g/mol. The van der Waals surface area contributed by atoms with E-state index in [0.717, 1.165) is 18.9 Å². The molecule has 0 radical (unpaired) electrons. The molecule has 1 heterocycles. The molecule has 1 aliphatic rings. The van der Waals surface area contributed by atoms with Gasteiger partial charge in [-0.3, -0.25) is 4.79 Å². The minimum Gasteiger partial charge on any atom is -0.480 e. The number of amides is 1. The summed E-state index contributed by atoms with van der Waals surface area (Å²) in [6, 6.07) is 2.99. The molecular weight excluding hydrogens is 261 g/mol. The van der Waals surface area contributed by atoms with E-state index in [1.165, 1.54) is 17.0 Å². The third-order valence-electron chi connectivity index (χ3n) is 3.42. The first-order valence-corrected chi connectivity index (χ1v) is 6.34. The normalized spacial score (nSPS) is 18.4. The molecule has 4 nitrogen and oxygen atoms in total. The third-order valence-corrected chi connectivity index (χ3v) is 3.42. The lowest BCUT2D eigenvalue weighted by Crippen LogP contribution is -2.48. The van der Waals surface area contributed by atoms with Crippen molar-refractivity contribution in [2.75, 3.05) is 6.54 Å². The van der Waals surface area contributed by atoms with E-state index < -0.39 is 23.7 Å². The number of carboxylic acids is 1. The Morgan fingerprint density at radius 2 is 2.15 bits per heavy atom. The lowest BCUT2D eigenvalue weighted by atomic mass is 10.0. The van der Waals surface area contributed by atoms with Gasteiger partial charge in [0.05, 0.1) is 5.56 Å². The minimum atomic E-state index is -1.03. The first kappa shape index (κ1) is 14.1. The predicted octanol–water partition coefficient (Wildman–Crippen LogP) is 1.89. The molecule has 1 atom stereocenters. The number of halogens is 1. The minimum absolute atomic E-state index is 0.0787. The van der Waals surface area contributed by atoms with Crippen LogP contribution in [-0.4, -0.2) is 34.5 Å². The van der Waals surface area contributed by atoms with Gasteiger partial charge < -0.3 is 10.0 Å². The second kappa shape index (κ2) is 5.74. The van der Waals surface area contributed by atoms with Crippen LogP contribution in [0.1, 0.15) is 35.2 Å². The summed E-state index contributed by atoms with van der Waals surface area (Å²) in [5.41, 5.74) is 0.199. The lowest BCUT2D eigenvalue weighted by Gasteiger charge is -2.33. The molecule has 1 amide bonds. The van der Waals surface area contributed by atoms with Crippen LogP contribution >= 0.6 is 0 Å². The maximum Gasteiger partial charge on any atom is 0.326 e. The van der Waals surface area contributed by atoms with Crippen molar-refractivity contribution < 1.29 is 19.1 Å². The molecule has 1 aromatic carbocycles. The number of hydrogen-bond donors (Lipinski definition) is 1. The average Bonchev–Trinajstić information content (AvgIpc) is 2.46. The second-order valence-corrected chi connectivity index (χ2v) is 4.69. The molecule has 1 aliphatic heterocycles. The third kappa shape index (κ3) is 2.64. The van der Waals surface area contributed by atoms with Gasteiger partial charge in [0.1, 0.15) is 11.9 Å². The summed E-state index contributed by atoms with van der Waals surface area (Å²) in [5.74, 6) is 0.0217. The van der Waals surface area contributed by atoms with Gasteiger partial charge in [-0.05, 0) is 37.5 Å². The predicted molar refractivity (Wildman–Crippen MR) is 70.6 cm³/mol. The zero-order valence-corrected chi connectivity index (χ0v) is 10.8. The quantitative estimate of drug-likeness (QED) is 0.838. The van der Waals surface area contributed by atoms with E-state index >= 15 is 0 Å². The van der Waals surface area contributed by atoms with Crippen LogP contribution in [0.5, 0.6) is 0 Å². The topological polar surface area (TPSA) is 57.6 Å². The fourth-order valence-corrected chi connectivity index (χ4v) is 2.36. The fraction of sp³-hybridized carbons (Fsp3) is 0.333. The summed E-state index contributed by atoms with van der Waals surface area (Å²) in [5, 5.41) is 9.15. The molecular formula is C15H14FNO3. The highest BCUT2D eigenvalue weighted by atomic mass is 19.1. The number of piperidine rings is 1. The van der Waals surface area contributed by atoms with E-state index in [0.29, 0.717) is 13.0 Å². The van der Waals surface area contributed by atoms with Crippen LogP contribution in [0.2, 0.25) is 0 Å². The molecule has 0 bridgehead atoms. The summed E-state index contributed by atoms with van der Waals surface area (Å²) in [7, 11) is 0. The molecule has 0 aliphatic carbocycles. The number of rotatable bonds is 2. The standard InChI is InChI=1S/C15H14FNO3/c1-2-10-6-7-11(9-12(10)16)14(18)17-8-4-3-5-13(17)15(19)20/h1,6-7,9,13H,3-5,8H2,(H,19,20)/t13-/m0/s1. The number of nitrogens with zero attached hydrogens (tertiary/aromatic N) is 1. The van der Waals surface area contributed by atoms with Gasteiger partial charge in [0.15, 0.2) is 0 Å². The molecule has 1 saturated heterocycles. The Bertz CT molecular complexity index is 591. The Morgan fingerprint density at radius 1 is 1.40 bits per heavy atom. The van der Waals surface area contributed by atoms with Crippen molar-refractivity contribution in [3.8, 4) is 12.3 Å². The van der Waals surface area contributed by atoms with Crippen molar-refractivity contribution in [3.63, 3.8) is 0 Å². The van der Waals surface area contributed by atoms with Crippen LogP contribution in [-0.2, 0) is 4.79 Å². The Balaban J connectivity index is 2.28. The van der Waals surface area contributed by atoms with E-state index in [-0.39, 0.29) is 11.1 Å². The number of terminal acetylenes is 1. The first-order valence-electron chi connectivity index (χ1n) is 6.34. The van der Waals surface area contributed by atoms with Crippen LogP contribution < -0.4 is 0 Å². The van der Waals surface area contributed by atoms with Gasteiger partial charge in [0.25, 0.3) is 5.91 Å². The van der Waals surface area contributed by atoms with E-state index in [2.05, 4.69) is 5.92 Å². The monoisotopic (exact) mass is 275 g/mol. The van der Waals surface area contributed by atoms with Crippen LogP contribution in [0.15, 0.2) is 18.2 Å². The van der Waals surface area contributed by atoms with Gasteiger partial charge >= 0.3 is 5.97 Å². The fourth-order valence-electron chi connectivity index (χ4n) is 2.36. The molecule has 2 rings (SSSR count). The van der Waals surface area contributed by atoms with E-state index in [9.17, 15) is 14.0 Å². The van der Waals surface area contributed by atoms with Crippen molar-refractivity contribution in [1.29, 1.82) is 0 Å². The number of hydrogen-bond acceptors (Lipinski definition) is 2. The Labute approximate surface area is 116 Å². The van der Waals surface area contributed by atoms with Gasteiger partial charge in [-0.1, -0.05) is 5.92 Å². The molecule has 0 spiro atoms. The van der Waals surface area contributed by atoms with Gasteiger partial charge in [-0.25, -0.2) is 9.18 Å². The highest BCUT2D eigenvalue weighted by Gasteiger charge is 2.32. The molecule has 0 unspecified atom stereocenters. The maximum absolute atomic E-state index is 13.6. The van der Waals surface area contributed by atoms with Gasteiger partial charge in [0.2, 0.25) is 0 Å². The smallest absolute Gasteiger partial charge is 0.326 e. The van der Waals surface area contributed by atoms with Crippen LogP contribution in [0.3, 0.4) is 0 Å². The van der Waals surface area contributed by atoms with Gasteiger partial charge in [-0.2, -0.15) is 0 Å². The Morgan fingerprint density at radius 3 is 2.75 bits per heavy atom. The largest absolute Gasteiger partial charge is 0.480 e. The van der Waals surface area contributed by atoms with Crippen molar-refractivity contribution in [1.82, 2.24) is 4.90 Å². The van der Waals surface area contributed by atoms with Crippen LogP contribution in [0, 0.1) is 18.2 Å². The number of carbonyl (C=O) groups is 2. The highest BCUT2D eigenvalue weighted by Crippen LogP contribution is 2.21. The highest BCUT2D eigenvalue weighted by molar-refractivity contribution is 5.96. The molecule has 0 aromatic heterocycles. The van der Waals surface area contributed by atoms with Crippen molar-refractivity contribution in [2.45, 2.75) is 25.3 Å². The molecule has 104 valence electrons.